The summed E-state index contributed by atoms with van der Waals surface area (Å²) in [7, 11) is 0. The first-order valence-electron chi connectivity index (χ1n) is 3.38. The summed E-state index contributed by atoms with van der Waals surface area (Å²) in [5.41, 5.74) is -4.82. The molecule has 0 saturated carbocycles. The van der Waals surface area contributed by atoms with Gasteiger partial charge in [0, 0.05) is 0 Å². The van der Waals surface area contributed by atoms with Gasteiger partial charge < -0.3 is 0 Å². The Hall–Kier alpha value is -1.74. The van der Waals surface area contributed by atoms with Gasteiger partial charge in [0.05, 0.1) is 0 Å². The van der Waals surface area contributed by atoms with Gasteiger partial charge in [0.2, 0.25) is 0 Å². The molecule has 0 bridgehead atoms. The predicted molar refractivity (Wildman–Crippen MR) is 35.7 cm³/mol. The third-order valence-corrected chi connectivity index (χ3v) is 1.56. The van der Waals surface area contributed by atoms with Crippen LogP contribution in [0.25, 0.3) is 0 Å². The van der Waals surface area contributed by atoms with Gasteiger partial charge in [-0.15, -0.1) is 0 Å². The van der Waals surface area contributed by atoms with Crippen molar-refractivity contribution in [1.29, 1.82) is 0 Å². The van der Waals surface area contributed by atoms with Crippen molar-refractivity contribution < 1.29 is 35.5 Å². The molecule has 10 heteroatoms. The Labute approximate surface area is 82.0 Å². The van der Waals surface area contributed by atoms with E-state index in [1.54, 1.807) is 0 Å². The van der Waals surface area contributed by atoms with E-state index in [1.165, 1.54) is 0 Å². The van der Waals surface area contributed by atoms with Gasteiger partial charge in [-0.25, -0.2) is 17.6 Å². The standard InChI is InChI=1S/C6F8N2/c7-1-2(8)5(15(11)12)4(10)6(3(1)9)16(13)14. The molecule has 0 saturated heterocycles. The molecule has 1 rings (SSSR count). The summed E-state index contributed by atoms with van der Waals surface area (Å²) in [4.78, 5) is 0. The number of anilines is 2. The Morgan fingerprint density at radius 2 is 0.812 bits per heavy atom. The zero-order chi connectivity index (χ0) is 12.6. The minimum absolute atomic E-state index is 2.28. The SMILES string of the molecule is Fc1c(F)c(N(F)F)c(F)c(N(F)F)c1F. The van der Waals surface area contributed by atoms with Crippen molar-refractivity contribution >= 4 is 11.4 Å². The summed E-state index contributed by atoms with van der Waals surface area (Å²) in [5.74, 6) is -10.5. The van der Waals surface area contributed by atoms with Crippen molar-refractivity contribution in [1.82, 2.24) is 0 Å². The molecule has 0 heterocycles. The van der Waals surface area contributed by atoms with E-state index in [0.29, 0.717) is 0 Å². The molecule has 16 heavy (non-hydrogen) atoms. The molecule has 0 unspecified atom stereocenters. The van der Waals surface area contributed by atoms with Gasteiger partial charge in [-0.2, -0.15) is 0 Å². The fourth-order valence-electron chi connectivity index (χ4n) is 0.906. The highest BCUT2D eigenvalue weighted by molar-refractivity contribution is 5.59. The summed E-state index contributed by atoms with van der Waals surface area (Å²) in [6, 6.07) is 0. The van der Waals surface area contributed by atoms with Crippen molar-refractivity contribution in [2.45, 2.75) is 0 Å². The van der Waals surface area contributed by atoms with Crippen molar-refractivity contribution in [3.8, 4) is 0 Å². The average molecular weight is 252 g/mol. The van der Waals surface area contributed by atoms with Crippen LogP contribution in [-0.2, 0) is 0 Å². The molecule has 0 aromatic heterocycles. The lowest BCUT2D eigenvalue weighted by atomic mass is 10.2. The summed E-state index contributed by atoms with van der Waals surface area (Å²) < 4.78 is 97.8. The van der Waals surface area contributed by atoms with E-state index in [1.807, 2.05) is 0 Å². The van der Waals surface area contributed by atoms with Crippen LogP contribution in [0.4, 0.5) is 46.9 Å². The van der Waals surface area contributed by atoms with E-state index in [4.69, 9.17) is 0 Å². The molecule has 90 valence electrons. The van der Waals surface area contributed by atoms with Crippen LogP contribution in [0.5, 0.6) is 0 Å². The fraction of sp³-hybridized carbons (Fsp3) is 0. The molecule has 0 aliphatic rings. The lowest BCUT2D eigenvalue weighted by Crippen LogP contribution is -2.12. The molecular formula is C6F8N2. The van der Waals surface area contributed by atoms with Crippen LogP contribution in [0.3, 0.4) is 0 Å². The summed E-state index contributed by atoms with van der Waals surface area (Å²) in [6.07, 6.45) is 0. The quantitative estimate of drug-likeness (QED) is 0.344. The fourth-order valence-corrected chi connectivity index (χ4v) is 0.906. The van der Waals surface area contributed by atoms with E-state index in [0.717, 1.165) is 0 Å². The third kappa shape index (κ3) is 1.70. The molecule has 0 atom stereocenters. The smallest absolute Gasteiger partial charge is 0.199 e. The first-order chi connectivity index (χ1) is 7.29. The number of hydrogen-bond donors (Lipinski definition) is 0. The van der Waals surface area contributed by atoms with E-state index in [2.05, 4.69) is 0 Å². The Balaban J connectivity index is 3.66. The molecule has 0 amide bonds. The molecule has 0 fully saturated rings. The second-order valence-corrected chi connectivity index (χ2v) is 2.42. The summed E-state index contributed by atoms with van der Waals surface area (Å²) in [5, 5.41) is -4.56. The molecule has 0 spiro atoms. The zero-order valence-electron chi connectivity index (χ0n) is 6.92. The van der Waals surface area contributed by atoms with E-state index in [9.17, 15) is 35.5 Å². The van der Waals surface area contributed by atoms with Gasteiger partial charge in [0.1, 0.15) is 0 Å². The molecule has 0 aliphatic carbocycles. The number of nitrogens with zero attached hydrogens (tertiary/aromatic N) is 2. The zero-order valence-corrected chi connectivity index (χ0v) is 6.92. The molecule has 0 aliphatic heterocycles. The normalized spacial score (nSPS) is 10.5. The van der Waals surface area contributed by atoms with Gasteiger partial charge in [-0.05, 0) is 10.7 Å². The number of hydrogen-bond acceptors (Lipinski definition) is 2. The monoisotopic (exact) mass is 252 g/mol. The van der Waals surface area contributed by atoms with Crippen LogP contribution < -0.4 is 10.7 Å². The maximum atomic E-state index is 12.8. The van der Waals surface area contributed by atoms with Gasteiger partial charge in [0.15, 0.2) is 34.6 Å². The molecule has 0 radical (unpaired) electrons. The average Bonchev–Trinajstić information content (AvgIpc) is 2.13. The largest absolute Gasteiger partial charge is 0.202 e. The van der Waals surface area contributed by atoms with Gasteiger partial charge in [-0.3, -0.25) is 0 Å². The van der Waals surface area contributed by atoms with Crippen molar-refractivity contribution in [3.63, 3.8) is 0 Å². The van der Waals surface area contributed by atoms with E-state index < -0.39 is 45.3 Å². The van der Waals surface area contributed by atoms with Crippen LogP contribution in [0.2, 0.25) is 0 Å². The molecule has 1 aromatic rings. The van der Waals surface area contributed by atoms with Crippen molar-refractivity contribution in [2.24, 2.45) is 0 Å². The minimum Gasteiger partial charge on any atom is -0.202 e. The first kappa shape index (κ1) is 12.3. The van der Waals surface area contributed by atoms with Gasteiger partial charge in [0.25, 0.3) is 0 Å². The van der Waals surface area contributed by atoms with E-state index in [-0.39, 0.29) is 0 Å². The second kappa shape index (κ2) is 4.02. The molecule has 1 aromatic carbocycles. The maximum absolute atomic E-state index is 12.8. The van der Waals surface area contributed by atoms with Crippen molar-refractivity contribution in [2.75, 3.05) is 10.7 Å². The van der Waals surface area contributed by atoms with E-state index >= 15 is 0 Å². The highest BCUT2D eigenvalue weighted by Crippen LogP contribution is 2.36. The Morgan fingerprint density at radius 3 is 1.06 bits per heavy atom. The summed E-state index contributed by atoms with van der Waals surface area (Å²) in [6.45, 7) is 0. The Bertz CT molecular complexity index is 382. The number of benzene rings is 1. The minimum atomic E-state index is -2.63. The Morgan fingerprint density at radius 1 is 0.500 bits per heavy atom. The topological polar surface area (TPSA) is 6.48 Å². The molecule has 0 N–H and O–H groups in total. The summed E-state index contributed by atoms with van der Waals surface area (Å²) >= 11 is 0. The lowest BCUT2D eigenvalue weighted by molar-refractivity contribution is 0.212. The van der Waals surface area contributed by atoms with Crippen LogP contribution in [-0.4, -0.2) is 0 Å². The first-order valence-corrected chi connectivity index (χ1v) is 3.38. The second-order valence-electron chi connectivity index (χ2n) is 2.42. The predicted octanol–water partition coefficient (Wildman–Crippen LogP) is 3.39. The molecule has 2 nitrogen and oxygen atoms in total. The lowest BCUT2D eigenvalue weighted by Gasteiger charge is -2.11. The van der Waals surface area contributed by atoms with Crippen LogP contribution in [0.1, 0.15) is 0 Å². The van der Waals surface area contributed by atoms with Crippen LogP contribution >= 0.6 is 0 Å². The highest BCUT2D eigenvalue weighted by Gasteiger charge is 2.33. The van der Waals surface area contributed by atoms with Gasteiger partial charge >= 0.3 is 0 Å². The van der Waals surface area contributed by atoms with Gasteiger partial charge in [-0.1, -0.05) is 17.9 Å². The molecular weight excluding hydrogens is 252 g/mol. The van der Waals surface area contributed by atoms with Crippen molar-refractivity contribution in [3.05, 3.63) is 23.3 Å². The number of halogens is 8. The third-order valence-electron chi connectivity index (χ3n) is 1.56. The Kier molecular flexibility index (Phi) is 3.10. The number of rotatable bonds is 2. The van der Waals surface area contributed by atoms with Crippen LogP contribution in [0, 0.1) is 23.3 Å². The van der Waals surface area contributed by atoms with Crippen LogP contribution in [0.15, 0.2) is 0 Å². The highest BCUT2D eigenvalue weighted by atomic mass is 19.4. The maximum Gasteiger partial charge on any atom is 0.199 e.